The fourth-order valence-corrected chi connectivity index (χ4v) is 2.08. The second-order valence-electron chi connectivity index (χ2n) is 3.90. The highest BCUT2D eigenvalue weighted by atomic mass is 32.2. The van der Waals surface area contributed by atoms with E-state index in [-0.39, 0.29) is 0 Å². The molecule has 1 fully saturated rings. The van der Waals surface area contributed by atoms with Crippen LogP contribution in [0.25, 0.3) is 0 Å². The highest BCUT2D eigenvalue weighted by Gasteiger charge is 2.22. The topological polar surface area (TPSA) is 21.8 Å². The minimum atomic E-state index is 0.328. The zero-order valence-corrected chi connectivity index (χ0v) is 9.92. The van der Waals surface area contributed by atoms with Crippen molar-refractivity contribution in [1.29, 1.82) is 0 Å². The van der Waals surface area contributed by atoms with E-state index in [9.17, 15) is 0 Å². The van der Waals surface area contributed by atoms with Crippen molar-refractivity contribution >= 4 is 11.8 Å². The van der Waals surface area contributed by atoms with Gasteiger partial charge in [0.2, 0.25) is 0 Å². The SMILES string of the molecule is CC(C)Sc1ccc(OCC2CO2)cc1. The van der Waals surface area contributed by atoms with Crippen molar-refractivity contribution in [3.05, 3.63) is 24.3 Å². The van der Waals surface area contributed by atoms with Gasteiger partial charge in [0.15, 0.2) is 0 Å². The van der Waals surface area contributed by atoms with Crippen LogP contribution < -0.4 is 4.74 Å². The molecule has 1 aromatic rings. The Bertz CT molecular complexity index is 304. The number of epoxide rings is 1. The Labute approximate surface area is 95.0 Å². The zero-order chi connectivity index (χ0) is 10.7. The van der Waals surface area contributed by atoms with E-state index in [2.05, 4.69) is 26.0 Å². The predicted molar refractivity (Wildman–Crippen MR) is 62.7 cm³/mol. The van der Waals surface area contributed by atoms with Crippen molar-refractivity contribution in [2.75, 3.05) is 13.2 Å². The summed E-state index contributed by atoms with van der Waals surface area (Å²) in [7, 11) is 0. The Balaban J connectivity index is 1.85. The molecule has 1 aliphatic heterocycles. The summed E-state index contributed by atoms with van der Waals surface area (Å²) in [6.45, 7) is 5.91. The normalized spacial score (nSPS) is 19.3. The minimum Gasteiger partial charge on any atom is -0.491 e. The van der Waals surface area contributed by atoms with Crippen LogP contribution in [0.1, 0.15) is 13.8 Å². The Morgan fingerprint density at radius 1 is 1.40 bits per heavy atom. The molecule has 2 rings (SSSR count). The first-order valence-electron chi connectivity index (χ1n) is 5.25. The summed E-state index contributed by atoms with van der Waals surface area (Å²) >= 11 is 1.86. The quantitative estimate of drug-likeness (QED) is 0.567. The number of rotatable bonds is 5. The molecule has 0 amide bonds. The summed E-state index contributed by atoms with van der Waals surface area (Å²) < 4.78 is 10.6. The van der Waals surface area contributed by atoms with Crippen LogP contribution in [-0.4, -0.2) is 24.6 Å². The monoisotopic (exact) mass is 224 g/mol. The third kappa shape index (κ3) is 3.76. The van der Waals surface area contributed by atoms with E-state index in [1.165, 1.54) is 4.90 Å². The van der Waals surface area contributed by atoms with Crippen LogP contribution >= 0.6 is 11.8 Å². The summed E-state index contributed by atoms with van der Waals surface area (Å²) in [6.07, 6.45) is 0.328. The second-order valence-corrected chi connectivity index (χ2v) is 5.55. The summed E-state index contributed by atoms with van der Waals surface area (Å²) in [5.74, 6) is 0.929. The highest BCUT2D eigenvalue weighted by molar-refractivity contribution is 7.99. The standard InChI is InChI=1S/C12H16O2S/c1-9(2)15-12-5-3-10(4-6-12)13-7-11-8-14-11/h3-6,9,11H,7-8H2,1-2H3. The first-order chi connectivity index (χ1) is 7.24. The molecule has 1 unspecified atom stereocenters. The van der Waals surface area contributed by atoms with Gasteiger partial charge in [0.25, 0.3) is 0 Å². The van der Waals surface area contributed by atoms with Gasteiger partial charge in [-0.2, -0.15) is 0 Å². The molecule has 82 valence electrons. The maximum absolute atomic E-state index is 5.56. The van der Waals surface area contributed by atoms with Crippen LogP contribution in [0, 0.1) is 0 Å². The Hall–Kier alpha value is -0.670. The lowest BCUT2D eigenvalue weighted by molar-refractivity contribution is 0.263. The molecule has 0 saturated carbocycles. The van der Waals surface area contributed by atoms with Crippen molar-refractivity contribution in [2.45, 2.75) is 30.1 Å². The van der Waals surface area contributed by atoms with E-state index in [1.54, 1.807) is 0 Å². The lowest BCUT2D eigenvalue weighted by Crippen LogP contribution is -2.03. The molecule has 2 nitrogen and oxygen atoms in total. The molecule has 1 saturated heterocycles. The summed E-state index contributed by atoms with van der Waals surface area (Å²) in [6, 6.07) is 8.25. The van der Waals surface area contributed by atoms with Gasteiger partial charge >= 0.3 is 0 Å². The van der Waals surface area contributed by atoms with Crippen LogP contribution in [-0.2, 0) is 4.74 Å². The fourth-order valence-electron chi connectivity index (χ4n) is 1.24. The predicted octanol–water partition coefficient (Wildman–Crippen LogP) is 2.96. The number of hydrogen-bond donors (Lipinski definition) is 0. The number of benzene rings is 1. The summed E-state index contributed by atoms with van der Waals surface area (Å²) in [5, 5.41) is 0.622. The van der Waals surface area contributed by atoms with Crippen LogP contribution in [0.5, 0.6) is 5.75 Å². The lowest BCUT2D eigenvalue weighted by Gasteiger charge is -2.07. The van der Waals surface area contributed by atoms with Gasteiger partial charge in [-0.3, -0.25) is 0 Å². The Kier molecular flexibility index (Phi) is 3.54. The molecule has 3 heteroatoms. The molecule has 0 aliphatic carbocycles. The van der Waals surface area contributed by atoms with Crippen molar-refractivity contribution in [3.63, 3.8) is 0 Å². The molecular weight excluding hydrogens is 208 g/mol. The van der Waals surface area contributed by atoms with Gasteiger partial charge in [0, 0.05) is 10.1 Å². The molecule has 15 heavy (non-hydrogen) atoms. The summed E-state index contributed by atoms with van der Waals surface area (Å²) in [5.41, 5.74) is 0. The number of thioether (sulfide) groups is 1. The maximum Gasteiger partial charge on any atom is 0.119 e. The molecule has 0 aromatic heterocycles. The molecule has 1 aromatic carbocycles. The fraction of sp³-hybridized carbons (Fsp3) is 0.500. The largest absolute Gasteiger partial charge is 0.491 e. The van der Waals surface area contributed by atoms with Crippen molar-refractivity contribution in [2.24, 2.45) is 0 Å². The van der Waals surface area contributed by atoms with Crippen LogP contribution in [0.2, 0.25) is 0 Å². The first-order valence-corrected chi connectivity index (χ1v) is 6.13. The average Bonchev–Trinajstić information content (AvgIpc) is 2.99. The molecule has 0 radical (unpaired) electrons. The lowest BCUT2D eigenvalue weighted by atomic mass is 10.3. The second kappa shape index (κ2) is 4.90. The Morgan fingerprint density at radius 3 is 2.60 bits per heavy atom. The molecule has 1 aliphatic rings. The van der Waals surface area contributed by atoms with E-state index in [1.807, 2.05) is 23.9 Å². The molecular formula is C12H16O2S. The van der Waals surface area contributed by atoms with Crippen molar-refractivity contribution in [3.8, 4) is 5.75 Å². The summed E-state index contributed by atoms with van der Waals surface area (Å²) in [4.78, 5) is 1.29. The zero-order valence-electron chi connectivity index (χ0n) is 9.10. The van der Waals surface area contributed by atoms with Crippen molar-refractivity contribution < 1.29 is 9.47 Å². The highest BCUT2D eigenvalue weighted by Crippen LogP contribution is 2.25. The minimum absolute atomic E-state index is 0.328. The van der Waals surface area contributed by atoms with Gasteiger partial charge in [-0.25, -0.2) is 0 Å². The Morgan fingerprint density at radius 2 is 2.07 bits per heavy atom. The average molecular weight is 224 g/mol. The van der Waals surface area contributed by atoms with Gasteiger partial charge < -0.3 is 9.47 Å². The van der Waals surface area contributed by atoms with Gasteiger partial charge in [-0.15, -0.1) is 11.8 Å². The molecule has 0 N–H and O–H groups in total. The van der Waals surface area contributed by atoms with E-state index in [0.717, 1.165) is 12.4 Å². The van der Waals surface area contributed by atoms with Crippen LogP contribution in [0.3, 0.4) is 0 Å². The van der Waals surface area contributed by atoms with E-state index < -0.39 is 0 Å². The number of ether oxygens (including phenoxy) is 2. The third-order valence-electron chi connectivity index (χ3n) is 2.03. The van der Waals surface area contributed by atoms with Crippen LogP contribution in [0.15, 0.2) is 29.2 Å². The first kappa shape index (κ1) is 10.8. The molecule has 0 bridgehead atoms. The molecule has 0 spiro atoms. The van der Waals surface area contributed by atoms with Gasteiger partial charge in [-0.05, 0) is 24.3 Å². The van der Waals surface area contributed by atoms with Gasteiger partial charge in [0.1, 0.15) is 18.5 Å². The van der Waals surface area contributed by atoms with E-state index >= 15 is 0 Å². The maximum atomic E-state index is 5.56. The van der Waals surface area contributed by atoms with Gasteiger partial charge in [-0.1, -0.05) is 13.8 Å². The smallest absolute Gasteiger partial charge is 0.119 e. The van der Waals surface area contributed by atoms with Gasteiger partial charge in [0.05, 0.1) is 6.61 Å². The molecule has 1 heterocycles. The third-order valence-corrected chi connectivity index (χ3v) is 3.05. The van der Waals surface area contributed by atoms with E-state index in [4.69, 9.17) is 9.47 Å². The molecule has 1 atom stereocenters. The number of hydrogen-bond acceptors (Lipinski definition) is 3. The van der Waals surface area contributed by atoms with Crippen LogP contribution in [0.4, 0.5) is 0 Å². The van der Waals surface area contributed by atoms with E-state index in [0.29, 0.717) is 18.0 Å². The van der Waals surface area contributed by atoms with Crippen molar-refractivity contribution in [1.82, 2.24) is 0 Å².